The summed E-state index contributed by atoms with van der Waals surface area (Å²) in [5, 5.41) is 0. The van der Waals surface area contributed by atoms with E-state index in [1.807, 2.05) is 29.1 Å². The largest absolute Gasteiger partial charge is 0.370 e. The van der Waals surface area contributed by atoms with Crippen LogP contribution in [0.4, 0.5) is 0 Å². The highest BCUT2D eigenvalue weighted by Gasteiger charge is 2.00. The van der Waals surface area contributed by atoms with E-state index < -0.39 is 0 Å². The summed E-state index contributed by atoms with van der Waals surface area (Å²) in [5.41, 5.74) is 5.00. The summed E-state index contributed by atoms with van der Waals surface area (Å²) in [6.45, 7) is 0. The van der Waals surface area contributed by atoms with Crippen molar-refractivity contribution in [2.45, 2.75) is 6.42 Å². The quantitative estimate of drug-likeness (QED) is 0.770. The molecule has 1 amide bonds. The predicted molar refractivity (Wildman–Crippen MR) is 58.7 cm³/mol. The molecule has 70 valence electrons. The van der Waals surface area contributed by atoms with E-state index in [0.717, 1.165) is 4.32 Å². The van der Waals surface area contributed by atoms with Gasteiger partial charge in [-0.2, -0.15) is 0 Å². The minimum Gasteiger partial charge on any atom is -0.370 e. The van der Waals surface area contributed by atoms with Crippen molar-refractivity contribution in [3.05, 3.63) is 24.5 Å². The summed E-state index contributed by atoms with van der Waals surface area (Å²) < 4.78 is 2.58. The van der Waals surface area contributed by atoms with Gasteiger partial charge in [-0.15, -0.1) is 0 Å². The van der Waals surface area contributed by atoms with Gasteiger partial charge >= 0.3 is 0 Å². The molecule has 0 aliphatic rings. The minimum atomic E-state index is -0.289. The van der Waals surface area contributed by atoms with Crippen molar-refractivity contribution in [3.8, 4) is 0 Å². The van der Waals surface area contributed by atoms with Crippen molar-refractivity contribution in [3.63, 3.8) is 0 Å². The summed E-state index contributed by atoms with van der Waals surface area (Å²) in [4.78, 5) is 10.4. The number of nitrogens with zero attached hydrogens (tertiary/aromatic N) is 1. The standard InChI is InChI=1S/C8H10N2OS2/c9-7(11)3-6-13-8(12)10-4-1-2-5-10/h1-2,4-5H,3,6H2,(H2,9,11). The molecule has 13 heavy (non-hydrogen) atoms. The molecule has 0 aliphatic heterocycles. The van der Waals surface area contributed by atoms with Gasteiger partial charge in [-0.05, 0) is 12.1 Å². The highest BCUT2D eigenvalue weighted by Crippen LogP contribution is 2.08. The van der Waals surface area contributed by atoms with Gasteiger partial charge in [0.15, 0.2) is 0 Å². The van der Waals surface area contributed by atoms with E-state index in [1.165, 1.54) is 11.8 Å². The molecule has 0 saturated carbocycles. The Morgan fingerprint density at radius 1 is 1.46 bits per heavy atom. The molecule has 0 radical (unpaired) electrons. The highest BCUT2D eigenvalue weighted by atomic mass is 32.2. The van der Waals surface area contributed by atoms with E-state index in [0.29, 0.717) is 12.2 Å². The Kier molecular flexibility index (Phi) is 3.98. The van der Waals surface area contributed by atoms with Gasteiger partial charge in [-0.3, -0.25) is 4.79 Å². The monoisotopic (exact) mass is 214 g/mol. The first-order chi connectivity index (χ1) is 6.20. The van der Waals surface area contributed by atoms with Crippen LogP contribution in [-0.2, 0) is 4.79 Å². The fraction of sp³-hybridized carbons (Fsp3) is 0.250. The summed E-state index contributed by atoms with van der Waals surface area (Å²) in [7, 11) is 0. The van der Waals surface area contributed by atoms with Crippen molar-refractivity contribution in [1.82, 2.24) is 4.57 Å². The Hall–Kier alpha value is -0.810. The number of amides is 1. The Balaban J connectivity index is 2.31. The Morgan fingerprint density at radius 3 is 2.62 bits per heavy atom. The lowest BCUT2D eigenvalue weighted by Gasteiger charge is -2.02. The van der Waals surface area contributed by atoms with Crippen molar-refractivity contribution in [2.24, 2.45) is 5.73 Å². The number of hydrogen-bond acceptors (Lipinski definition) is 3. The van der Waals surface area contributed by atoms with Gasteiger partial charge in [0.25, 0.3) is 0 Å². The van der Waals surface area contributed by atoms with Crippen LogP contribution in [0.1, 0.15) is 6.42 Å². The molecule has 1 heterocycles. The summed E-state index contributed by atoms with van der Waals surface area (Å²) in [6, 6.07) is 3.81. The van der Waals surface area contributed by atoms with E-state index in [-0.39, 0.29) is 5.91 Å². The summed E-state index contributed by atoms with van der Waals surface area (Å²) in [5.74, 6) is 0.356. The van der Waals surface area contributed by atoms with Gasteiger partial charge in [-0.1, -0.05) is 24.0 Å². The fourth-order valence-corrected chi connectivity index (χ4v) is 1.89. The highest BCUT2D eigenvalue weighted by molar-refractivity contribution is 8.23. The molecule has 1 aromatic heterocycles. The van der Waals surface area contributed by atoms with Crippen LogP contribution in [0.3, 0.4) is 0 Å². The van der Waals surface area contributed by atoms with Crippen LogP contribution < -0.4 is 5.73 Å². The second-order valence-electron chi connectivity index (χ2n) is 2.42. The number of primary amides is 1. The van der Waals surface area contributed by atoms with Gasteiger partial charge in [0.2, 0.25) is 5.91 Å². The molecule has 5 heteroatoms. The first-order valence-electron chi connectivity index (χ1n) is 3.78. The maximum absolute atomic E-state index is 10.4. The molecule has 0 saturated heterocycles. The summed E-state index contributed by atoms with van der Waals surface area (Å²) >= 11 is 6.56. The third-order valence-electron chi connectivity index (χ3n) is 1.39. The van der Waals surface area contributed by atoms with Crippen molar-refractivity contribution >= 4 is 34.2 Å². The Bertz CT molecular complexity index is 295. The van der Waals surface area contributed by atoms with E-state index in [2.05, 4.69) is 0 Å². The van der Waals surface area contributed by atoms with Crippen LogP contribution in [0.5, 0.6) is 0 Å². The van der Waals surface area contributed by atoms with E-state index >= 15 is 0 Å². The maximum Gasteiger partial charge on any atom is 0.218 e. The lowest BCUT2D eigenvalue weighted by Crippen LogP contribution is -2.12. The van der Waals surface area contributed by atoms with E-state index in [1.54, 1.807) is 0 Å². The van der Waals surface area contributed by atoms with Crippen molar-refractivity contribution < 1.29 is 4.79 Å². The molecule has 0 unspecified atom stereocenters. The first-order valence-corrected chi connectivity index (χ1v) is 5.18. The van der Waals surface area contributed by atoms with E-state index in [4.69, 9.17) is 18.0 Å². The fourth-order valence-electron chi connectivity index (χ4n) is 0.770. The normalized spacial score (nSPS) is 9.85. The lowest BCUT2D eigenvalue weighted by molar-refractivity contribution is -0.117. The zero-order valence-electron chi connectivity index (χ0n) is 6.97. The molecule has 0 atom stereocenters. The Labute approximate surface area is 86.3 Å². The molecule has 1 rings (SSSR count). The molecule has 3 nitrogen and oxygen atoms in total. The number of thioether (sulfide) groups is 1. The van der Waals surface area contributed by atoms with Crippen LogP contribution in [0, 0.1) is 0 Å². The number of carbonyl (C=O) groups excluding carboxylic acids is 1. The van der Waals surface area contributed by atoms with Crippen LogP contribution in [0.25, 0.3) is 0 Å². The number of aromatic nitrogens is 1. The van der Waals surface area contributed by atoms with Gasteiger partial charge in [-0.25, -0.2) is 0 Å². The molecular weight excluding hydrogens is 204 g/mol. The Morgan fingerprint density at radius 2 is 2.08 bits per heavy atom. The number of nitrogens with two attached hydrogens (primary N) is 1. The second-order valence-corrected chi connectivity index (χ2v) is 4.15. The van der Waals surface area contributed by atoms with Gasteiger partial charge in [0.1, 0.15) is 4.32 Å². The molecular formula is C8H10N2OS2. The molecule has 0 aromatic carbocycles. The minimum absolute atomic E-state index is 0.289. The third-order valence-corrected chi connectivity index (χ3v) is 2.82. The number of hydrogen-bond donors (Lipinski definition) is 1. The van der Waals surface area contributed by atoms with Crippen LogP contribution >= 0.6 is 24.0 Å². The SMILES string of the molecule is NC(=O)CCSC(=S)n1cccc1. The predicted octanol–water partition coefficient (Wildman–Crippen LogP) is 1.23. The third kappa shape index (κ3) is 3.61. The molecule has 0 fully saturated rings. The van der Waals surface area contributed by atoms with Crippen molar-refractivity contribution in [2.75, 3.05) is 5.75 Å². The molecule has 0 aliphatic carbocycles. The number of thiocarbonyl (C=S) groups is 1. The van der Waals surface area contributed by atoms with Gasteiger partial charge in [0, 0.05) is 24.6 Å². The maximum atomic E-state index is 10.4. The second kappa shape index (κ2) is 5.04. The summed E-state index contributed by atoms with van der Waals surface area (Å²) in [6.07, 6.45) is 4.12. The smallest absolute Gasteiger partial charge is 0.218 e. The average Bonchev–Trinajstić information content (AvgIpc) is 2.55. The van der Waals surface area contributed by atoms with Crippen LogP contribution in [0.15, 0.2) is 24.5 Å². The van der Waals surface area contributed by atoms with Crippen molar-refractivity contribution in [1.29, 1.82) is 0 Å². The van der Waals surface area contributed by atoms with E-state index in [9.17, 15) is 4.79 Å². The average molecular weight is 214 g/mol. The molecule has 2 N–H and O–H groups in total. The van der Waals surface area contributed by atoms with Gasteiger partial charge in [0.05, 0.1) is 0 Å². The zero-order valence-corrected chi connectivity index (χ0v) is 8.61. The topological polar surface area (TPSA) is 48.0 Å². The van der Waals surface area contributed by atoms with Gasteiger partial charge < -0.3 is 10.3 Å². The van der Waals surface area contributed by atoms with Crippen LogP contribution in [-0.4, -0.2) is 20.5 Å². The molecule has 0 bridgehead atoms. The van der Waals surface area contributed by atoms with Crippen LogP contribution in [0.2, 0.25) is 0 Å². The first kappa shape index (κ1) is 10.3. The number of rotatable bonds is 3. The number of carbonyl (C=O) groups is 1. The lowest BCUT2D eigenvalue weighted by atomic mass is 10.5. The molecule has 0 spiro atoms. The zero-order chi connectivity index (χ0) is 9.68. The molecule has 1 aromatic rings.